The molecule has 1 atom stereocenters. The first-order valence-electron chi connectivity index (χ1n) is 8.67. The molecule has 3 rings (SSSR count). The van der Waals surface area contributed by atoms with E-state index in [2.05, 4.69) is 4.72 Å². The Bertz CT molecular complexity index is 820. The van der Waals surface area contributed by atoms with Gasteiger partial charge in [-0.2, -0.15) is 4.31 Å². The minimum Gasteiger partial charge on any atom is -0.329 e. The maximum absolute atomic E-state index is 12.8. The minimum atomic E-state index is -3.80. The highest BCUT2D eigenvalue weighted by Crippen LogP contribution is 2.33. The Hall–Kier alpha value is -0.710. The first-order chi connectivity index (χ1) is 11.8. The smallest absolute Gasteiger partial charge is 0.243 e. The van der Waals surface area contributed by atoms with Crippen LogP contribution in [-0.4, -0.2) is 46.8 Å². The van der Waals surface area contributed by atoms with E-state index < -0.39 is 20.0 Å². The summed E-state index contributed by atoms with van der Waals surface area (Å²) in [6.07, 6.45) is 4.62. The van der Waals surface area contributed by atoms with E-state index in [9.17, 15) is 16.8 Å². The number of hydrogen-bond acceptors (Lipinski definition) is 5. The van der Waals surface area contributed by atoms with Crippen molar-refractivity contribution >= 4 is 32.5 Å². The SMILES string of the molecule is Cl.NCC(NS(=O)(=O)c1cccc(S(=O)(=O)N2CCCCC2)c1)C1CC1. The number of nitrogens with two attached hydrogens (primary N) is 1. The van der Waals surface area contributed by atoms with E-state index in [1.807, 2.05) is 0 Å². The van der Waals surface area contributed by atoms with Crippen LogP contribution in [0.1, 0.15) is 32.1 Å². The highest BCUT2D eigenvalue weighted by molar-refractivity contribution is 7.90. The average Bonchev–Trinajstić information content (AvgIpc) is 3.45. The van der Waals surface area contributed by atoms with Crippen molar-refractivity contribution in [1.82, 2.24) is 9.03 Å². The summed E-state index contributed by atoms with van der Waals surface area (Å²) >= 11 is 0. The second-order valence-corrected chi connectivity index (χ2v) is 10.4. The van der Waals surface area contributed by atoms with Crippen LogP contribution in [0.15, 0.2) is 34.1 Å². The van der Waals surface area contributed by atoms with Gasteiger partial charge in [0, 0.05) is 25.7 Å². The maximum Gasteiger partial charge on any atom is 0.243 e. The third-order valence-electron chi connectivity index (χ3n) is 4.82. The van der Waals surface area contributed by atoms with Gasteiger partial charge in [0.1, 0.15) is 0 Å². The number of nitrogens with zero attached hydrogens (tertiary/aromatic N) is 1. The Morgan fingerprint density at radius 2 is 1.69 bits per heavy atom. The summed E-state index contributed by atoms with van der Waals surface area (Å²) < 4.78 is 54.8. The van der Waals surface area contributed by atoms with E-state index in [0.29, 0.717) is 13.1 Å². The monoisotopic (exact) mass is 423 g/mol. The number of piperidine rings is 1. The van der Waals surface area contributed by atoms with Gasteiger partial charge >= 0.3 is 0 Å². The van der Waals surface area contributed by atoms with E-state index in [1.54, 1.807) is 0 Å². The predicted molar refractivity (Wildman–Crippen MR) is 102 cm³/mol. The molecule has 26 heavy (non-hydrogen) atoms. The topological polar surface area (TPSA) is 110 Å². The number of sulfonamides is 2. The summed E-state index contributed by atoms with van der Waals surface area (Å²) in [5, 5.41) is 0. The molecule has 1 unspecified atom stereocenters. The third-order valence-corrected chi connectivity index (χ3v) is 8.20. The number of benzene rings is 1. The van der Waals surface area contributed by atoms with Crippen LogP contribution < -0.4 is 10.5 Å². The lowest BCUT2D eigenvalue weighted by atomic mass is 10.2. The molecule has 1 aromatic rings. The average molecular weight is 424 g/mol. The van der Waals surface area contributed by atoms with Gasteiger partial charge in [-0.25, -0.2) is 21.6 Å². The maximum atomic E-state index is 12.8. The van der Waals surface area contributed by atoms with Crippen molar-refractivity contribution in [3.05, 3.63) is 24.3 Å². The molecule has 3 N–H and O–H groups in total. The van der Waals surface area contributed by atoms with E-state index in [0.717, 1.165) is 32.1 Å². The summed E-state index contributed by atoms with van der Waals surface area (Å²) in [6, 6.07) is 5.28. The Labute approximate surface area is 161 Å². The normalized spacial score (nSPS) is 20.3. The van der Waals surface area contributed by atoms with Crippen LogP contribution in [0.4, 0.5) is 0 Å². The minimum absolute atomic E-state index is 0. The molecule has 0 radical (unpaired) electrons. The highest BCUT2D eigenvalue weighted by Gasteiger charge is 2.34. The molecule has 1 aliphatic carbocycles. The standard InChI is InChI=1S/C16H25N3O4S2.ClH/c17-12-16(13-7-8-13)18-24(20,21)14-5-4-6-15(11-14)25(22,23)19-9-2-1-3-10-19;/h4-6,11,13,16,18H,1-3,7-10,12,17H2;1H. The molecule has 0 spiro atoms. The number of halogens is 1. The summed E-state index contributed by atoms with van der Waals surface area (Å²) in [5.74, 6) is 0.278. The molecule has 1 aromatic carbocycles. The van der Waals surface area contributed by atoms with Crippen molar-refractivity contribution in [1.29, 1.82) is 0 Å². The molecule has 0 aromatic heterocycles. The van der Waals surface area contributed by atoms with Crippen molar-refractivity contribution in [2.24, 2.45) is 11.7 Å². The van der Waals surface area contributed by atoms with Gasteiger partial charge in [0.25, 0.3) is 0 Å². The van der Waals surface area contributed by atoms with Crippen LogP contribution in [0.3, 0.4) is 0 Å². The first-order valence-corrected chi connectivity index (χ1v) is 11.6. The largest absolute Gasteiger partial charge is 0.329 e. The summed E-state index contributed by atoms with van der Waals surface area (Å²) in [7, 11) is -7.47. The van der Waals surface area contributed by atoms with Gasteiger partial charge < -0.3 is 5.73 Å². The lowest BCUT2D eigenvalue weighted by Gasteiger charge is -2.26. The zero-order valence-electron chi connectivity index (χ0n) is 14.5. The molecule has 0 bridgehead atoms. The van der Waals surface area contributed by atoms with Crippen LogP contribution in [0.5, 0.6) is 0 Å². The summed E-state index contributed by atoms with van der Waals surface area (Å²) in [6.45, 7) is 1.19. The van der Waals surface area contributed by atoms with Gasteiger partial charge in [-0.05, 0) is 49.8 Å². The fourth-order valence-electron chi connectivity index (χ4n) is 3.16. The Morgan fingerprint density at radius 1 is 1.08 bits per heavy atom. The zero-order valence-corrected chi connectivity index (χ0v) is 17.0. The Morgan fingerprint density at radius 3 is 2.27 bits per heavy atom. The molecule has 7 nitrogen and oxygen atoms in total. The summed E-state index contributed by atoms with van der Waals surface area (Å²) in [5.41, 5.74) is 5.67. The summed E-state index contributed by atoms with van der Waals surface area (Å²) in [4.78, 5) is -0.0160. The van der Waals surface area contributed by atoms with Crippen molar-refractivity contribution in [3.8, 4) is 0 Å². The lowest BCUT2D eigenvalue weighted by Crippen LogP contribution is -2.41. The Balaban J connectivity index is 0.00000243. The molecule has 1 saturated heterocycles. The van der Waals surface area contributed by atoms with Crippen molar-refractivity contribution < 1.29 is 16.8 Å². The number of hydrogen-bond donors (Lipinski definition) is 2. The quantitative estimate of drug-likeness (QED) is 0.686. The van der Waals surface area contributed by atoms with E-state index in [4.69, 9.17) is 5.73 Å². The van der Waals surface area contributed by atoms with Crippen molar-refractivity contribution in [2.45, 2.75) is 47.9 Å². The molecule has 0 amide bonds. The fraction of sp³-hybridized carbons (Fsp3) is 0.625. The van der Waals surface area contributed by atoms with Gasteiger partial charge in [0.2, 0.25) is 20.0 Å². The van der Waals surface area contributed by atoms with Crippen molar-refractivity contribution in [3.63, 3.8) is 0 Å². The second kappa shape index (κ2) is 8.53. The number of nitrogens with one attached hydrogen (secondary N) is 1. The van der Waals surface area contributed by atoms with Crippen LogP contribution in [0.25, 0.3) is 0 Å². The third kappa shape index (κ3) is 4.76. The molecular formula is C16H26ClN3O4S2. The Kier molecular flexibility index (Phi) is 7.09. The van der Waals surface area contributed by atoms with Crippen LogP contribution in [-0.2, 0) is 20.0 Å². The molecule has 1 aliphatic heterocycles. The highest BCUT2D eigenvalue weighted by atomic mass is 35.5. The predicted octanol–water partition coefficient (Wildman–Crippen LogP) is 1.30. The van der Waals surface area contributed by atoms with E-state index in [-0.39, 0.29) is 40.7 Å². The lowest BCUT2D eigenvalue weighted by molar-refractivity contribution is 0.346. The molecular weight excluding hydrogens is 398 g/mol. The van der Waals surface area contributed by atoms with Gasteiger partial charge in [-0.15, -0.1) is 12.4 Å². The second-order valence-electron chi connectivity index (χ2n) is 6.74. The molecule has 1 saturated carbocycles. The molecule has 10 heteroatoms. The molecule has 148 valence electrons. The van der Waals surface area contributed by atoms with E-state index in [1.165, 1.54) is 28.6 Å². The van der Waals surface area contributed by atoms with Gasteiger partial charge in [0.05, 0.1) is 9.79 Å². The van der Waals surface area contributed by atoms with Gasteiger partial charge in [-0.3, -0.25) is 0 Å². The van der Waals surface area contributed by atoms with Crippen LogP contribution >= 0.6 is 12.4 Å². The molecule has 2 fully saturated rings. The van der Waals surface area contributed by atoms with Gasteiger partial charge in [0.15, 0.2) is 0 Å². The molecule has 2 aliphatic rings. The van der Waals surface area contributed by atoms with E-state index >= 15 is 0 Å². The molecule has 1 heterocycles. The van der Waals surface area contributed by atoms with Gasteiger partial charge in [-0.1, -0.05) is 12.5 Å². The first kappa shape index (κ1) is 21.6. The number of rotatable bonds is 7. The zero-order chi connectivity index (χ0) is 18.1. The fourth-order valence-corrected chi connectivity index (χ4v) is 6.16. The van der Waals surface area contributed by atoms with Crippen molar-refractivity contribution in [2.75, 3.05) is 19.6 Å². The van der Waals surface area contributed by atoms with Crippen LogP contribution in [0.2, 0.25) is 0 Å². The van der Waals surface area contributed by atoms with Crippen LogP contribution in [0, 0.1) is 5.92 Å².